The minimum absolute atomic E-state index is 0.0877. The fraction of sp³-hybridized carbons (Fsp3) is 0.0952. The largest absolute Gasteiger partial charge is 0.435 e. The van der Waals surface area contributed by atoms with Gasteiger partial charge in [-0.15, -0.1) is 0 Å². The van der Waals surface area contributed by atoms with Crippen LogP contribution in [0.5, 0.6) is 0 Å². The number of carbonyl (C=O) groups is 1. The number of anilines is 1. The molecule has 0 bridgehead atoms. The molecule has 0 unspecified atom stereocenters. The third-order valence-corrected chi connectivity index (χ3v) is 4.54. The molecule has 0 fully saturated rings. The summed E-state index contributed by atoms with van der Waals surface area (Å²) in [7, 11) is 1.30. The monoisotopic (exact) mass is 414 g/mol. The molecule has 9 heteroatoms. The van der Waals surface area contributed by atoms with Crippen molar-refractivity contribution in [2.24, 2.45) is 7.05 Å². The van der Waals surface area contributed by atoms with E-state index in [0.29, 0.717) is 22.0 Å². The smallest absolute Gasteiger partial charge is 0.307 e. The van der Waals surface area contributed by atoms with Gasteiger partial charge in [-0.1, -0.05) is 24.3 Å². The molecule has 4 rings (SSSR count). The van der Waals surface area contributed by atoms with E-state index in [-0.39, 0.29) is 17.2 Å². The number of carbonyl (C=O) groups excluding carboxylic acids is 1. The summed E-state index contributed by atoms with van der Waals surface area (Å²) in [6, 6.07) is 13.5. The average Bonchev–Trinajstić information content (AvgIpc) is 3.08. The van der Waals surface area contributed by atoms with E-state index in [1.54, 1.807) is 30.3 Å². The van der Waals surface area contributed by atoms with Gasteiger partial charge in [0.25, 0.3) is 5.91 Å². The molecule has 30 heavy (non-hydrogen) atoms. The zero-order chi connectivity index (χ0) is 21.5. The van der Waals surface area contributed by atoms with E-state index in [2.05, 4.69) is 15.4 Å². The summed E-state index contributed by atoms with van der Waals surface area (Å²) in [4.78, 5) is 16.8. The van der Waals surface area contributed by atoms with Crippen LogP contribution in [0.2, 0.25) is 0 Å². The number of fused-ring (bicyclic) bond motifs is 1. The zero-order valence-corrected chi connectivity index (χ0v) is 15.5. The lowest BCUT2D eigenvalue weighted by molar-refractivity contribution is -0.141. The molecule has 0 aliphatic heterocycles. The second-order valence-electron chi connectivity index (χ2n) is 6.60. The highest BCUT2D eigenvalue weighted by atomic mass is 19.4. The average molecular weight is 414 g/mol. The minimum atomic E-state index is -4.61. The number of halogens is 4. The number of alkyl halides is 3. The second-order valence-corrected chi connectivity index (χ2v) is 6.60. The van der Waals surface area contributed by atoms with Crippen LogP contribution < -0.4 is 5.32 Å². The molecule has 2 aromatic carbocycles. The summed E-state index contributed by atoms with van der Waals surface area (Å²) >= 11 is 0. The molecule has 0 atom stereocenters. The standard InChI is InChI=1S/C21H14F4N4O/c1-29-19(10-18(28-29)21(23,24)25)27-20(30)13-7-6-12-8-14(11-26-17(12)9-13)15-4-2-3-5-16(15)22/h2-11H,1H3,(H,27,30). The van der Waals surface area contributed by atoms with E-state index in [1.807, 2.05) is 0 Å². The zero-order valence-electron chi connectivity index (χ0n) is 15.5. The molecule has 1 N–H and O–H groups in total. The van der Waals surface area contributed by atoms with Gasteiger partial charge in [0.15, 0.2) is 5.69 Å². The number of aromatic nitrogens is 3. The minimum Gasteiger partial charge on any atom is -0.307 e. The normalized spacial score (nSPS) is 11.6. The molecule has 0 spiro atoms. The van der Waals surface area contributed by atoms with Gasteiger partial charge in [-0.2, -0.15) is 18.3 Å². The van der Waals surface area contributed by atoms with Gasteiger partial charge in [0.1, 0.15) is 11.6 Å². The van der Waals surface area contributed by atoms with Gasteiger partial charge >= 0.3 is 6.18 Å². The highest BCUT2D eigenvalue weighted by Gasteiger charge is 2.34. The lowest BCUT2D eigenvalue weighted by atomic mass is 10.0. The van der Waals surface area contributed by atoms with Gasteiger partial charge in [0, 0.05) is 41.4 Å². The third-order valence-electron chi connectivity index (χ3n) is 4.54. The van der Waals surface area contributed by atoms with Crippen molar-refractivity contribution in [3.8, 4) is 11.1 Å². The number of rotatable bonds is 3. The van der Waals surface area contributed by atoms with Crippen LogP contribution in [-0.2, 0) is 13.2 Å². The number of nitrogens with one attached hydrogen (secondary N) is 1. The summed E-state index contributed by atoms with van der Waals surface area (Å²) in [5.41, 5.74) is 0.603. The number of hydrogen-bond acceptors (Lipinski definition) is 3. The fourth-order valence-electron chi connectivity index (χ4n) is 3.02. The quantitative estimate of drug-likeness (QED) is 0.478. The van der Waals surface area contributed by atoms with Gasteiger partial charge in [0.05, 0.1) is 5.52 Å². The maximum absolute atomic E-state index is 14.0. The molecule has 2 heterocycles. The van der Waals surface area contributed by atoms with Gasteiger partial charge in [-0.3, -0.25) is 14.5 Å². The van der Waals surface area contributed by atoms with Gasteiger partial charge in [-0.05, 0) is 24.3 Å². The Hall–Kier alpha value is -3.75. The molecule has 152 valence electrons. The van der Waals surface area contributed by atoms with Crippen molar-refractivity contribution in [3.63, 3.8) is 0 Å². The van der Waals surface area contributed by atoms with Crippen molar-refractivity contribution in [1.82, 2.24) is 14.8 Å². The topological polar surface area (TPSA) is 59.8 Å². The van der Waals surface area contributed by atoms with E-state index >= 15 is 0 Å². The Bertz CT molecular complexity index is 1260. The van der Waals surface area contributed by atoms with Gasteiger partial charge in [0.2, 0.25) is 0 Å². The summed E-state index contributed by atoms with van der Waals surface area (Å²) in [5.74, 6) is -1.06. The van der Waals surface area contributed by atoms with Crippen LogP contribution in [0.1, 0.15) is 16.1 Å². The van der Waals surface area contributed by atoms with Crippen molar-refractivity contribution in [2.75, 3.05) is 5.32 Å². The Balaban J connectivity index is 1.61. The number of nitrogens with zero attached hydrogens (tertiary/aromatic N) is 3. The molecule has 0 aliphatic rings. The van der Waals surface area contributed by atoms with Crippen LogP contribution >= 0.6 is 0 Å². The molecule has 5 nitrogen and oxygen atoms in total. The third kappa shape index (κ3) is 3.73. The predicted octanol–water partition coefficient (Wildman–Crippen LogP) is 5.05. The number of pyridine rings is 1. The van der Waals surface area contributed by atoms with Crippen LogP contribution in [0.4, 0.5) is 23.4 Å². The maximum Gasteiger partial charge on any atom is 0.435 e. The Morgan fingerprint density at radius 2 is 1.83 bits per heavy atom. The van der Waals surface area contributed by atoms with Crippen LogP contribution in [0.15, 0.2) is 60.8 Å². The molecule has 0 saturated heterocycles. The van der Waals surface area contributed by atoms with Gasteiger partial charge in [-0.25, -0.2) is 4.39 Å². The van der Waals surface area contributed by atoms with Crippen molar-refractivity contribution >= 4 is 22.6 Å². The van der Waals surface area contributed by atoms with Crippen molar-refractivity contribution in [2.45, 2.75) is 6.18 Å². The summed E-state index contributed by atoms with van der Waals surface area (Å²) in [6.07, 6.45) is -3.11. The van der Waals surface area contributed by atoms with Gasteiger partial charge < -0.3 is 5.32 Å². The highest BCUT2D eigenvalue weighted by molar-refractivity contribution is 6.05. The summed E-state index contributed by atoms with van der Waals surface area (Å²) in [6.45, 7) is 0. The first-order chi connectivity index (χ1) is 14.2. The van der Waals surface area contributed by atoms with E-state index in [4.69, 9.17) is 0 Å². The first-order valence-corrected chi connectivity index (χ1v) is 8.80. The highest BCUT2D eigenvalue weighted by Crippen LogP contribution is 2.30. The number of aryl methyl sites for hydroxylation is 1. The second kappa shape index (κ2) is 7.25. The van der Waals surface area contributed by atoms with Crippen molar-refractivity contribution in [1.29, 1.82) is 0 Å². The number of benzene rings is 2. The number of hydrogen-bond donors (Lipinski definition) is 1. The first-order valence-electron chi connectivity index (χ1n) is 8.80. The van der Waals surface area contributed by atoms with E-state index < -0.39 is 17.8 Å². The molecule has 0 aliphatic carbocycles. The van der Waals surface area contributed by atoms with E-state index in [9.17, 15) is 22.4 Å². The Kier molecular flexibility index (Phi) is 4.73. The van der Waals surface area contributed by atoms with Crippen LogP contribution in [0.25, 0.3) is 22.0 Å². The van der Waals surface area contributed by atoms with Crippen LogP contribution in [-0.4, -0.2) is 20.7 Å². The van der Waals surface area contributed by atoms with E-state index in [1.165, 1.54) is 31.4 Å². The first kappa shape index (κ1) is 19.6. The lowest BCUT2D eigenvalue weighted by Gasteiger charge is -2.08. The van der Waals surface area contributed by atoms with E-state index in [0.717, 1.165) is 10.7 Å². The SMILES string of the molecule is Cn1nc(C(F)(F)F)cc1NC(=O)c1ccc2cc(-c3ccccc3F)cnc2c1. The molecule has 1 amide bonds. The fourth-order valence-corrected chi connectivity index (χ4v) is 3.02. The number of amides is 1. The summed E-state index contributed by atoms with van der Waals surface area (Å²) in [5, 5.41) is 6.46. The predicted molar refractivity (Wildman–Crippen MR) is 103 cm³/mol. The molecule has 2 aromatic heterocycles. The lowest BCUT2D eigenvalue weighted by Crippen LogP contribution is -2.14. The Morgan fingerprint density at radius 3 is 2.53 bits per heavy atom. The molecule has 0 saturated carbocycles. The molecule has 4 aromatic rings. The Labute approximate surface area is 168 Å². The molecular weight excluding hydrogens is 400 g/mol. The van der Waals surface area contributed by atoms with Crippen LogP contribution in [0.3, 0.4) is 0 Å². The molecular formula is C21H14F4N4O. The maximum atomic E-state index is 14.0. The summed E-state index contributed by atoms with van der Waals surface area (Å²) < 4.78 is 53.3. The van der Waals surface area contributed by atoms with Crippen molar-refractivity contribution < 1.29 is 22.4 Å². The Morgan fingerprint density at radius 1 is 1.07 bits per heavy atom. The van der Waals surface area contributed by atoms with Crippen molar-refractivity contribution in [3.05, 3.63) is 77.9 Å². The van der Waals surface area contributed by atoms with Crippen LogP contribution in [0, 0.1) is 5.82 Å². The molecule has 0 radical (unpaired) electrons.